The zero-order valence-electron chi connectivity index (χ0n) is 11.9. The Hall–Kier alpha value is -1.36. The van der Waals surface area contributed by atoms with Crippen LogP contribution in [0.25, 0.3) is 0 Å². The van der Waals surface area contributed by atoms with E-state index in [2.05, 4.69) is 15.3 Å². The van der Waals surface area contributed by atoms with Crippen molar-refractivity contribution >= 4 is 11.6 Å². The summed E-state index contributed by atoms with van der Waals surface area (Å²) in [6.07, 6.45) is 0.331. The predicted octanol–water partition coefficient (Wildman–Crippen LogP) is 2.06. The fourth-order valence-corrected chi connectivity index (χ4v) is 1.75. The Bertz CT molecular complexity index is 404. The van der Waals surface area contributed by atoms with E-state index in [1.54, 1.807) is 6.92 Å². The Morgan fingerprint density at radius 3 is 2.33 bits per heavy atom. The highest BCUT2D eigenvalue weighted by atomic mass is 16.3. The van der Waals surface area contributed by atoms with Crippen LogP contribution in [0.2, 0.25) is 0 Å². The van der Waals surface area contributed by atoms with Gasteiger partial charge >= 0.3 is 0 Å². The quantitative estimate of drug-likeness (QED) is 0.747. The van der Waals surface area contributed by atoms with Gasteiger partial charge in [0, 0.05) is 17.5 Å². The van der Waals surface area contributed by atoms with Crippen LogP contribution in [-0.2, 0) is 0 Å². The number of hydrogen-bond acceptors (Lipinski definition) is 5. The Morgan fingerprint density at radius 2 is 1.83 bits per heavy atom. The van der Waals surface area contributed by atoms with Crippen molar-refractivity contribution in [2.75, 3.05) is 11.1 Å². The molecule has 102 valence electrons. The molecule has 0 amide bonds. The van der Waals surface area contributed by atoms with Gasteiger partial charge in [-0.15, -0.1) is 0 Å². The summed E-state index contributed by atoms with van der Waals surface area (Å²) in [6.45, 7) is 9.76. The van der Waals surface area contributed by atoms with Crippen molar-refractivity contribution in [2.45, 2.75) is 59.1 Å². The number of hydrogen-bond donors (Lipinski definition) is 3. The average Bonchev–Trinajstić information content (AvgIpc) is 2.22. The normalized spacial score (nSPS) is 14.6. The third kappa shape index (κ3) is 3.84. The van der Waals surface area contributed by atoms with Crippen molar-refractivity contribution < 1.29 is 5.11 Å². The maximum Gasteiger partial charge on any atom is 0.135 e. The molecule has 5 nitrogen and oxygen atoms in total. The van der Waals surface area contributed by atoms with Crippen molar-refractivity contribution in [3.8, 4) is 0 Å². The van der Waals surface area contributed by atoms with Crippen molar-refractivity contribution in [3.63, 3.8) is 0 Å². The van der Waals surface area contributed by atoms with Gasteiger partial charge in [0.25, 0.3) is 0 Å². The minimum absolute atomic E-state index is 0.137. The van der Waals surface area contributed by atoms with Gasteiger partial charge in [0.2, 0.25) is 0 Å². The largest absolute Gasteiger partial charge is 0.393 e. The molecule has 1 aromatic rings. The van der Waals surface area contributed by atoms with Crippen LogP contribution in [0.1, 0.15) is 51.4 Å². The van der Waals surface area contributed by atoms with Crippen molar-refractivity contribution in [1.29, 1.82) is 0 Å². The number of anilines is 2. The van der Waals surface area contributed by atoms with Gasteiger partial charge in [0.05, 0.1) is 6.10 Å². The van der Waals surface area contributed by atoms with Gasteiger partial charge in [0.1, 0.15) is 17.5 Å². The van der Waals surface area contributed by atoms with Gasteiger partial charge in [-0.3, -0.25) is 0 Å². The number of aromatic nitrogens is 2. The minimum Gasteiger partial charge on any atom is -0.393 e. The number of aliphatic hydroxyl groups is 1. The number of nitrogen functional groups attached to an aromatic ring is 1. The van der Waals surface area contributed by atoms with Crippen molar-refractivity contribution in [2.24, 2.45) is 0 Å². The van der Waals surface area contributed by atoms with Gasteiger partial charge in [-0.25, -0.2) is 9.97 Å². The van der Waals surface area contributed by atoms with Crippen LogP contribution in [0.5, 0.6) is 0 Å². The minimum atomic E-state index is -0.337. The first-order valence-corrected chi connectivity index (χ1v) is 6.39. The molecule has 2 atom stereocenters. The maximum absolute atomic E-state index is 9.37. The first kappa shape index (κ1) is 14.7. The standard InChI is InChI=1S/C13H24N4O/c1-7(2)12-16-11(14)10(5)13(17-12)15-8(3)6-9(4)18/h7-9,18H,6H2,1-5H3,(H3,14,15,16,17). The zero-order chi connectivity index (χ0) is 13.9. The lowest BCUT2D eigenvalue weighted by molar-refractivity contribution is 0.179. The van der Waals surface area contributed by atoms with Crippen LogP contribution in [0, 0.1) is 6.92 Å². The molecule has 0 radical (unpaired) electrons. The summed E-state index contributed by atoms with van der Waals surface area (Å²) in [5.41, 5.74) is 6.75. The lowest BCUT2D eigenvalue weighted by atomic mass is 10.1. The predicted molar refractivity (Wildman–Crippen MR) is 74.7 cm³/mol. The molecule has 18 heavy (non-hydrogen) atoms. The van der Waals surface area contributed by atoms with E-state index in [1.807, 2.05) is 27.7 Å². The zero-order valence-corrected chi connectivity index (χ0v) is 11.9. The molecule has 0 saturated heterocycles. The molecular weight excluding hydrogens is 228 g/mol. The smallest absolute Gasteiger partial charge is 0.135 e. The van der Waals surface area contributed by atoms with E-state index in [0.717, 1.165) is 17.2 Å². The molecule has 2 unspecified atom stereocenters. The van der Waals surface area contributed by atoms with Gasteiger partial charge in [0.15, 0.2) is 0 Å². The fourth-order valence-electron chi connectivity index (χ4n) is 1.75. The summed E-state index contributed by atoms with van der Waals surface area (Å²) >= 11 is 0. The molecule has 0 aromatic carbocycles. The first-order valence-electron chi connectivity index (χ1n) is 6.39. The van der Waals surface area contributed by atoms with Gasteiger partial charge in [-0.05, 0) is 27.2 Å². The van der Waals surface area contributed by atoms with E-state index in [4.69, 9.17) is 5.73 Å². The number of aliphatic hydroxyl groups excluding tert-OH is 1. The second-order valence-electron chi connectivity index (χ2n) is 5.23. The number of rotatable bonds is 5. The highest BCUT2D eigenvalue weighted by Gasteiger charge is 2.13. The summed E-state index contributed by atoms with van der Waals surface area (Å²) in [5, 5.41) is 12.7. The van der Waals surface area contributed by atoms with Gasteiger partial charge in [-0.2, -0.15) is 0 Å². The molecule has 1 heterocycles. The lowest BCUT2D eigenvalue weighted by Gasteiger charge is -2.19. The number of nitrogens with two attached hydrogens (primary N) is 1. The average molecular weight is 252 g/mol. The molecule has 1 aromatic heterocycles. The summed E-state index contributed by atoms with van der Waals surface area (Å²) < 4.78 is 0. The third-order valence-electron chi connectivity index (χ3n) is 2.79. The molecular formula is C13H24N4O. The molecule has 0 saturated carbocycles. The monoisotopic (exact) mass is 252 g/mol. The SMILES string of the molecule is Cc1c(N)nc(C(C)C)nc1NC(C)CC(C)O. The highest BCUT2D eigenvalue weighted by molar-refractivity contribution is 5.55. The highest BCUT2D eigenvalue weighted by Crippen LogP contribution is 2.22. The lowest BCUT2D eigenvalue weighted by Crippen LogP contribution is -2.22. The van der Waals surface area contributed by atoms with E-state index < -0.39 is 0 Å². The van der Waals surface area contributed by atoms with E-state index in [0.29, 0.717) is 12.2 Å². The van der Waals surface area contributed by atoms with Crippen LogP contribution in [0.4, 0.5) is 11.6 Å². The van der Waals surface area contributed by atoms with Gasteiger partial charge < -0.3 is 16.2 Å². The third-order valence-corrected chi connectivity index (χ3v) is 2.79. The Balaban J connectivity index is 2.93. The molecule has 0 spiro atoms. The maximum atomic E-state index is 9.37. The topological polar surface area (TPSA) is 84.1 Å². The van der Waals surface area contributed by atoms with Crippen molar-refractivity contribution in [3.05, 3.63) is 11.4 Å². The summed E-state index contributed by atoms with van der Waals surface area (Å²) in [6, 6.07) is 0.137. The molecule has 4 N–H and O–H groups in total. The van der Waals surface area contributed by atoms with Crippen LogP contribution >= 0.6 is 0 Å². The summed E-state index contributed by atoms with van der Waals surface area (Å²) in [5.74, 6) is 2.25. The molecule has 5 heteroatoms. The van der Waals surface area contributed by atoms with Crippen LogP contribution in [0.15, 0.2) is 0 Å². The number of nitrogens with zero attached hydrogens (tertiary/aromatic N) is 2. The Kier molecular flexibility index (Phi) is 4.90. The molecule has 1 rings (SSSR count). The molecule has 0 aliphatic carbocycles. The summed E-state index contributed by atoms with van der Waals surface area (Å²) in [4.78, 5) is 8.77. The summed E-state index contributed by atoms with van der Waals surface area (Å²) in [7, 11) is 0. The van der Waals surface area contributed by atoms with Crippen LogP contribution in [-0.4, -0.2) is 27.2 Å². The fraction of sp³-hybridized carbons (Fsp3) is 0.692. The van der Waals surface area contributed by atoms with Crippen LogP contribution in [0.3, 0.4) is 0 Å². The first-order chi connectivity index (χ1) is 8.31. The van der Waals surface area contributed by atoms with E-state index >= 15 is 0 Å². The van der Waals surface area contributed by atoms with Crippen molar-refractivity contribution in [1.82, 2.24) is 9.97 Å². The second-order valence-corrected chi connectivity index (χ2v) is 5.23. The molecule has 0 aliphatic rings. The van der Waals surface area contributed by atoms with E-state index in [1.165, 1.54) is 0 Å². The number of nitrogens with one attached hydrogen (secondary N) is 1. The Labute approximate surface area is 109 Å². The molecule has 0 fully saturated rings. The van der Waals surface area contributed by atoms with E-state index in [9.17, 15) is 5.11 Å². The second kappa shape index (κ2) is 6.00. The Morgan fingerprint density at radius 1 is 1.22 bits per heavy atom. The molecule has 0 bridgehead atoms. The molecule has 0 aliphatic heterocycles. The van der Waals surface area contributed by atoms with Crippen LogP contribution < -0.4 is 11.1 Å². The van der Waals surface area contributed by atoms with E-state index in [-0.39, 0.29) is 18.1 Å². The van der Waals surface area contributed by atoms with Gasteiger partial charge in [-0.1, -0.05) is 13.8 Å².